The summed E-state index contributed by atoms with van der Waals surface area (Å²) in [5, 5.41) is 10.9. The molecular weight excluding hydrogens is 314 g/mol. The summed E-state index contributed by atoms with van der Waals surface area (Å²) in [5.41, 5.74) is 1.40. The first-order chi connectivity index (χ1) is 12.1. The van der Waals surface area contributed by atoms with Gasteiger partial charge in [-0.15, -0.1) is 0 Å². The van der Waals surface area contributed by atoms with Gasteiger partial charge < -0.3 is 5.32 Å². The second-order valence-electron chi connectivity index (χ2n) is 6.42. The van der Waals surface area contributed by atoms with E-state index in [0.717, 1.165) is 5.56 Å². The van der Waals surface area contributed by atoms with Gasteiger partial charge in [-0.1, -0.05) is 62.4 Å². The molecule has 0 radical (unpaired) electrons. The minimum absolute atomic E-state index is 0.0669. The van der Waals surface area contributed by atoms with E-state index in [4.69, 9.17) is 0 Å². The molecule has 5 nitrogen and oxygen atoms in total. The Morgan fingerprint density at radius 1 is 1.04 bits per heavy atom. The summed E-state index contributed by atoms with van der Waals surface area (Å²) in [6.07, 6.45) is 0.118. The van der Waals surface area contributed by atoms with Crippen molar-refractivity contribution < 1.29 is 4.79 Å². The number of fused-ring (bicyclic) bond motifs is 1. The normalized spacial score (nSPS) is 12.3. The molecule has 0 aliphatic heterocycles. The Hall–Kier alpha value is -2.95. The van der Waals surface area contributed by atoms with Gasteiger partial charge in [0.1, 0.15) is 0 Å². The predicted octanol–water partition coefficient (Wildman–Crippen LogP) is 2.98. The zero-order chi connectivity index (χ0) is 17.8. The molecule has 0 aliphatic rings. The molecule has 3 rings (SSSR count). The fourth-order valence-electron chi connectivity index (χ4n) is 2.98. The molecule has 0 saturated carbocycles. The highest BCUT2D eigenvalue weighted by molar-refractivity contribution is 5.88. The van der Waals surface area contributed by atoms with Gasteiger partial charge in [0.2, 0.25) is 5.91 Å². The van der Waals surface area contributed by atoms with Crippen LogP contribution in [0.15, 0.2) is 59.4 Å². The molecule has 0 bridgehead atoms. The Morgan fingerprint density at radius 2 is 1.68 bits per heavy atom. The van der Waals surface area contributed by atoms with Crippen LogP contribution in [0.1, 0.15) is 31.1 Å². The van der Waals surface area contributed by atoms with Gasteiger partial charge in [-0.05, 0) is 17.5 Å². The number of hydrogen-bond acceptors (Lipinski definition) is 3. The highest BCUT2D eigenvalue weighted by Gasteiger charge is 2.19. The van der Waals surface area contributed by atoms with E-state index < -0.39 is 0 Å². The molecule has 2 N–H and O–H groups in total. The third-order valence-electron chi connectivity index (χ3n) is 4.24. The average molecular weight is 335 g/mol. The van der Waals surface area contributed by atoms with Crippen molar-refractivity contribution in [2.24, 2.45) is 5.92 Å². The third kappa shape index (κ3) is 3.76. The van der Waals surface area contributed by atoms with Crippen LogP contribution in [-0.4, -0.2) is 16.1 Å². The molecule has 1 amide bonds. The van der Waals surface area contributed by atoms with Gasteiger partial charge in [0.15, 0.2) is 0 Å². The van der Waals surface area contributed by atoms with Crippen molar-refractivity contribution >= 4 is 16.7 Å². The topological polar surface area (TPSA) is 74.8 Å². The zero-order valence-electron chi connectivity index (χ0n) is 14.3. The second kappa shape index (κ2) is 7.30. The standard InChI is InChI=1S/C20H21N3O2/c1-13(2)19(14-8-4-3-5-9-14)21-18(24)12-17-15-10-6-7-11-16(15)20(25)23-22-17/h3-11,13,19H,12H2,1-2H3,(H,21,24)(H,23,25). The maximum absolute atomic E-state index is 12.6. The molecule has 3 aromatic rings. The van der Waals surface area contributed by atoms with Crippen LogP contribution < -0.4 is 10.9 Å². The van der Waals surface area contributed by atoms with Crippen molar-refractivity contribution in [2.75, 3.05) is 0 Å². The van der Waals surface area contributed by atoms with Crippen molar-refractivity contribution in [3.8, 4) is 0 Å². The number of rotatable bonds is 5. The van der Waals surface area contributed by atoms with Crippen LogP contribution >= 0.6 is 0 Å². The molecule has 1 atom stereocenters. The first-order valence-corrected chi connectivity index (χ1v) is 8.37. The minimum atomic E-state index is -0.246. The van der Waals surface area contributed by atoms with Crippen molar-refractivity contribution in [2.45, 2.75) is 26.3 Å². The Labute approximate surface area is 146 Å². The van der Waals surface area contributed by atoms with E-state index in [9.17, 15) is 9.59 Å². The molecular formula is C20H21N3O2. The van der Waals surface area contributed by atoms with E-state index in [-0.39, 0.29) is 29.8 Å². The van der Waals surface area contributed by atoms with E-state index in [1.54, 1.807) is 12.1 Å². The SMILES string of the molecule is CC(C)C(NC(=O)Cc1n[nH]c(=O)c2ccccc12)c1ccccc1. The number of benzene rings is 2. The van der Waals surface area contributed by atoms with E-state index in [1.807, 2.05) is 42.5 Å². The summed E-state index contributed by atoms with van der Waals surface area (Å²) in [5.74, 6) is 0.138. The van der Waals surface area contributed by atoms with Gasteiger partial charge in [-0.3, -0.25) is 9.59 Å². The van der Waals surface area contributed by atoms with Crippen LogP contribution in [0, 0.1) is 5.92 Å². The molecule has 1 aromatic heterocycles. The zero-order valence-corrected chi connectivity index (χ0v) is 14.3. The number of nitrogens with zero attached hydrogens (tertiary/aromatic N) is 1. The van der Waals surface area contributed by atoms with Crippen LogP contribution in [0.25, 0.3) is 10.8 Å². The fraction of sp³-hybridized carbons (Fsp3) is 0.250. The first kappa shape index (κ1) is 16.9. The van der Waals surface area contributed by atoms with Crippen LogP contribution in [0.5, 0.6) is 0 Å². The summed E-state index contributed by atoms with van der Waals surface area (Å²) in [6, 6.07) is 17.0. The Kier molecular flexibility index (Phi) is 4.93. The number of carbonyl (C=O) groups is 1. The lowest BCUT2D eigenvalue weighted by molar-refractivity contribution is -0.121. The molecule has 0 fully saturated rings. The fourth-order valence-corrected chi connectivity index (χ4v) is 2.98. The average Bonchev–Trinajstić information content (AvgIpc) is 2.63. The number of H-pyrrole nitrogens is 1. The summed E-state index contributed by atoms with van der Waals surface area (Å²) in [7, 11) is 0. The van der Waals surface area contributed by atoms with Gasteiger partial charge >= 0.3 is 0 Å². The van der Waals surface area contributed by atoms with E-state index in [0.29, 0.717) is 16.5 Å². The summed E-state index contributed by atoms with van der Waals surface area (Å²) >= 11 is 0. The quantitative estimate of drug-likeness (QED) is 0.753. The van der Waals surface area contributed by atoms with Crippen molar-refractivity contribution in [1.82, 2.24) is 15.5 Å². The summed E-state index contributed by atoms with van der Waals surface area (Å²) in [4.78, 5) is 24.4. The highest BCUT2D eigenvalue weighted by atomic mass is 16.1. The van der Waals surface area contributed by atoms with Gasteiger partial charge in [0.05, 0.1) is 23.5 Å². The van der Waals surface area contributed by atoms with E-state index >= 15 is 0 Å². The monoisotopic (exact) mass is 335 g/mol. The lowest BCUT2D eigenvalue weighted by atomic mass is 9.96. The van der Waals surface area contributed by atoms with Gasteiger partial charge in [0, 0.05) is 5.39 Å². The number of nitrogens with one attached hydrogen (secondary N) is 2. The molecule has 2 aromatic carbocycles. The summed E-state index contributed by atoms with van der Waals surface area (Å²) < 4.78 is 0. The first-order valence-electron chi connectivity index (χ1n) is 8.37. The molecule has 1 unspecified atom stereocenters. The van der Waals surface area contributed by atoms with Gasteiger partial charge in [-0.2, -0.15) is 5.10 Å². The number of carbonyl (C=O) groups excluding carboxylic acids is 1. The second-order valence-corrected chi connectivity index (χ2v) is 6.42. The Morgan fingerprint density at radius 3 is 2.36 bits per heavy atom. The van der Waals surface area contributed by atoms with E-state index in [2.05, 4.69) is 29.4 Å². The maximum atomic E-state index is 12.6. The van der Waals surface area contributed by atoms with Gasteiger partial charge in [-0.25, -0.2) is 5.10 Å². The maximum Gasteiger partial charge on any atom is 0.272 e. The minimum Gasteiger partial charge on any atom is -0.349 e. The number of aromatic amines is 1. The van der Waals surface area contributed by atoms with Crippen molar-refractivity contribution in [1.29, 1.82) is 0 Å². The molecule has 0 aliphatic carbocycles. The Balaban J connectivity index is 1.83. The van der Waals surface area contributed by atoms with Crippen molar-refractivity contribution in [3.05, 3.63) is 76.2 Å². The number of hydrogen-bond donors (Lipinski definition) is 2. The van der Waals surface area contributed by atoms with Crippen LogP contribution in [-0.2, 0) is 11.2 Å². The predicted molar refractivity (Wildman–Crippen MR) is 98.2 cm³/mol. The molecule has 128 valence electrons. The lowest BCUT2D eigenvalue weighted by Crippen LogP contribution is -2.33. The third-order valence-corrected chi connectivity index (χ3v) is 4.24. The largest absolute Gasteiger partial charge is 0.349 e. The molecule has 0 spiro atoms. The lowest BCUT2D eigenvalue weighted by Gasteiger charge is -2.23. The molecule has 5 heteroatoms. The number of aromatic nitrogens is 2. The molecule has 0 saturated heterocycles. The van der Waals surface area contributed by atoms with Crippen LogP contribution in [0.4, 0.5) is 0 Å². The number of amides is 1. The van der Waals surface area contributed by atoms with E-state index in [1.165, 1.54) is 0 Å². The van der Waals surface area contributed by atoms with Crippen LogP contribution in [0.2, 0.25) is 0 Å². The summed E-state index contributed by atoms with van der Waals surface area (Å²) in [6.45, 7) is 4.15. The molecule has 25 heavy (non-hydrogen) atoms. The molecule has 1 heterocycles. The van der Waals surface area contributed by atoms with Gasteiger partial charge in [0.25, 0.3) is 5.56 Å². The smallest absolute Gasteiger partial charge is 0.272 e. The van der Waals surface area contributed by atoms with Crippen LogP contribution in [0.3, 0.4) is 0 Å². The Bertz CT molecular complexity index is 932. The highest BCUT2D eigenvalue weighted by Crippen LogP contribution is 2.21. The van der Waals surface area contributed by atoms with Crippen molar-refractivity contribution in [3.63, 3.8) is 0 Å².